The van der Waals surface area contributed by atoms with Gasteiger partial charge in [-0.3, -0.25) is 0 Å². The van der Waals surface area contributed by atoms with E-state index in [1.807, 2.05) is 36.4 Å². The van der Waals surface area contributed by atoms with Crippen LogP contribution in [-0.2, 0) is 6.54 Å². The summed E-state index contributed by atoms with van der Waals surface area (Å²) in [4.78, 5) is 2.27. The molecule has 0 spiro atoms. The van der Waals surface area contributed by atoms with Crippen molar-refractivity contribution in [1.82, 2.24) is 0 Å². The molecule has 0 saturated carbocycles. The van der Waals surface area contributed by atoms with Crippen molar-refractivity contribution >= 4 is 28.9 Å². The Morgan fingerprint density at radius 3 is 2.68 bits per heavy atom. The monoisotopic (exact) mass is 292 g/mol. The summed E-state index contributed by atoms with van der Waals surface area (Å²) in [7, 11) is 0. The van der Waals surface area contributed by atoms with Crippen molar-refractivity contribution in [3.8, 4) is 0 Å². The lowest BCUT2D eigenvalue weighted by Gasteiger charge is -2.19. The minimum atomic E-state index is 0.0212. The van der Waals surface area contributed by atoms with Gasteiger partial charge in [0.1, 0.15) is 0 Å². The Hall–Kier alpha value is -1.22. The first-order valence-electron chi connectivity index (χ1n) is 6.18. The van der Waals surface area contributed by atoms with Gasteiger partial charge in [-0.2, -0.15) is 0 Å². The standard InChI is InChI=1S/C15H14Cl2N2/c16-11-3-1-2-10(6-11)8-19-9-14(18)13-7-12(17)4-5-15(13)19/h1-7,14H,8-9,18H2. The van der Waals surface area contributed by atoms with Crippen LogP contribution in [0.1, 0.15) is 17.2 Å². The minimum absolute atomic E-state index is 0.0212. The zero-order valence-electron chi connectivity index (χ0n) is 10.3. The quantitative estimate of drug-likeness (QED) is 0.906. The molecule has 1 aliphatic rings. The predicted octanol–water partition coefficient (Wildman–Crippen LogP) is 4.01. The molecule has 0 aromatic heterocycles. The van der Waals surface area contributed by atoms with Gasteiger partial charge in [0, 0.05) is 34.9 Å². The predicted molar refractivity (Wildman–Crippen MR) is 80.9 cm³/mol. The number of nitrogens with zero attached hydrogens (tertiary/aromatic N) is 1. The summed E-state index contributed by atoms with van der Waals surface area (Å²) in [5, 5.41) is 1.50. The summed E-state index contributed by atoms with van der Waals surface area (Å²) < 4.78 is 0. The van der Waals surface area contributed by atoms with Gasteiger partial charge in [0.2, 0.25) is 0 Å². The van der Waals surface area contributed by atoms with Gasteiger partial charge in [-0.05, 0) is 41.5 Å². The Morgan fingerprint density at radius 1 is 1.11 bits per heavy atom. The summed E-state index contributed by atoms with van der Waals surface area (Å²) >= 11 is 12.0. The summed E-state index contributed by atoms with van der Waals surface area (Å²) in [6, 6.07) is 13.8. The fourth-order valence-corrected chi connectivity index (χ4v) is 2.94. The van der Waals surface area contributed by atoms with E-state index in [4.69, 9.17) is 28.9 Å². The van der Waals surface area contributed by atoms with Crippen molar-refractivity contribution < 1.29 is 0 Å². The van der Waals surface area contributed by atoms with Crippen LogP contribution in [0.4, 0.5) is 5.69 Å². The lowest BCUT2D eigenvalue weighted by molar-refractivity contribution is 0.720. The average Bonchev–Trinajstić information content (AvgIpc) is 2.66. The Labute approximate surface area is 122 Å². The number of halogens is 2. The molecule has 1 aliphatic heterocycles. The number of hydrogen-bond acceptors (Lipinski definition) is 2. The molecular formula is C15H14Cl2N2. The fraction of sp³-hybridized carbons (Fsp3) is 0.200. The maximum atomic E-state index is 6.16. The van der Waals surface area contributed by atoms with Crippen LogP contribution < -0.4 is 10.6 Å². The topological polar surface area (TPSA) is 29.3 Å². The van der Waals surface area contributed by atoms with Crippen LogP contribution in [0.15, 0.2) is 42.5 Å². The number of rotatable bonds is 2. The molecule has 0 fully saturated rings. The Morgan fingerprint density at radius 2 is 1.89 bits per heavy atom. The highest BCUT2D eigenvalue weighted by Gasteiger charge is 2.25. The van der Waals surface area contributed by atoms with Crippen LogP contribution in [0.2, 0.25) is 10.0 Å². The van der Waals surface area contributed by atoms with Gasteiger partial charge < -0.3 is 10.6 Å². The van der Waals surface area contributed by atoms with Crippen molar-refractivity contribution in [1.29, 1.82) is 0 Å². The highest BCUT2D eigenvalue weighted by atomic mass is 35.5. The molecule has 2 aromatic carbocycles. The zero-order valence-corrected chi connectivity index (χ0v) is 11.8. The van der Waals surface area contributed by atoms with E-state index in [1.54, 1.807) is 0 Å². The molecule has 0 saturated heterocycles. The maximum absolute atomic E-state index is 6.16. The van der Waals surface area contributed by atoms with Gasteiger partial charge in [0.25, 0.3) is 0 Å². The van der Waals surface area contributed by atoms with E-state index < -0.39 is 0 Å². The van der Waals surface area contributed by atoms with Gasteiger partial charge in [0.05, 0.1) is 0 Å². The molecule has 98 valence electrons. The number of nitrogens with two attached hydrogens (primary N) is 1. The largest absolute Gasteiger partial charge is 0.365 e. The summed E-state index contributed by atoms with van der Waals surface area (Å²) in [6.07, 6.45) is 0. The van der Waals surface area contributed by atoms with E-state index in [0.717, 1.165) is 34.4 Å². The smallest absolute Gasteiger partial charge is 0.0494 e. The van der Waals surface area contributed by atoms with E-state index in [-0.39, 0.29) is 6.04 Å². The van der Waals surface area contributed by atoms with Crippen LogP contribution in [0.3, 0.4) is 0 Å². The molecule has 4 heteroatoms. The van der Waals surface area contributed by atoms with E-state index in [2.05, 4.69) is 11.0 Å². The maximum Gasteiger partial charge on any atom is 0.0494 e. The van der Waals surface area contributed by atoms with E-state index in [9.17, 15) is 0 Å². The van der Waals surface area contributed by atoms with Gasteiger partial charge in [-0.1, -0.05) is 35.3 Å². The van der Waals surface area contributed by atoms with Crippen molar-refractivity contribution in [3.63, 3.8) is 0 Å². The number of hydrogen-bond donors (Lipinski definition) is 1. The first-order chi connectivity index (χ1) is 9.13. The lowest BCUT2D eigenvalue weighted by atomic mass is 10.1. The highest BCUT2D eigenvalue weighted by molar-refractivity contribution is 6.31. The van der Waals surface area contributed by atoms with Crippen LogP contribution >= 0.6 is 23.2 Å². The molecule has 1 heterocycles. The molecule has 3 rings (SSSR count). The van der Waals surface area contributed by atoms with Crippen LogP contribution in [0.5, 0.6) is 0 Å². The third-order valence-electron chi connectivity index (χ3n) is 3.41. The lowest BCUT2D eigenvalue weighted by Crippen LogP contribution is -2.23. The summed E-state index contributed by atoms with van der Waals surface area (Å²) in [5.41, 5.74) is 9.63. The summed E-state index contributed by atoms with van der Waals surface area (Å²) in [6.45, 7) is 1.62. The molecule has 2 N–H and O–H groups in total. The number of anilines is 1. The average molecular weight is 293 g/mol. The first-order valence-corrected chi connectivity index (χ1v) is 6.93. The third-order valence-corrected chi connectivity index (χ3v) is 3.88. The number of benzene rings is 2. The van der Waals surface area contributed by atoms with Gasteiger partial charge in [-0.25, -0.2) is 0 Å². The molecular weight excluding hydrogens is 279 g/mol. The molecule has 1 atom stereocenters. The SMILES string of the molecule is NC1CN(Cc2cccc(Cl)c2)c2ccc(Cl)cc21. The second-order valence-electron chi connectivity index (χ2n) is 4.82. The Bertz CT molecular complexity index is 613. The molecule has 1 unspecified atom stereocenters. The molecule has 0 radical (unpaired) electrons. The molecule has 0 amide bonds. The first kappa shape index (κ1) is 12.8. The highest BCUT2D eigenvalue weighted by Crippen LogP contribution is 2.36. The van der Waals surface area contributed by atoms with E-state index in [1.165, 1.54) is 5.56 Å². The van der Waals surface area contributed by atoms with Gasteiger partial charge in [0.15, 0.2) is 0 Å². The fourth-order valence-electron chi connectivity index (χ4n) is 2.55. The summed E-state index contributed by atoms with van der Waals surface area (Å²) in [5.74, 6) is 0. The van der Waals surface area contributed by atoms with Gasteiger partial charge in [-0.15, -0.1) is 0 Å². The minimum Gasteiger partial charge on any atom is -0.365 e. The molecule has 19 heavy (non-hydrogen) atoms. The number of fused-ring (bicyclic) bond motifs is 1. The van der Waals surface area contributed by atoms with Crippen molar-refractivity contribution in [2.75, 3.05) is 11.4 Å². The Kier molecular flexibility index (Phi) is 3.40. The third kappa shape index (κ3) is 2.57. The molecule has 2 aromatic rings. The van der Waals surface area contributed by atoms with Crippen LogP contribution in [0.25, 0.3) is 0 Å². The van der Waals surface area contributed by atoms with Gasteiger partial charge >= 0.3 is 0 Å². The molecule has 2 nitrogen and oxygen atoms in total. The van der Waals surface area contributed by atoms with Crippen molar-refractivity contribution in [2.24, 2.45) is 5.73 Å². The molecule has 0 aliphatic carbocycles. The van der Waals surface area contributed by atoms with E-state index in [0.29, 0.717) is 0 Å². The van der Waals surface area contributed by atoms with Crippen LogP contribution in [0, 0.1) is 0 Å². The Balaban J connectivity index is 1.89. The zero-order chi connectivity index (χ0) is 13.4. The van der Waals surface area contributed by atoms with Crippen molar-refractivity contribution in [2.45, 2.75) is 12.6 Å². The van der Waals surface area contributed by atoms with E-state index >= 15 is 0 Å². The van der Waals surface area contributed by atoms with Crippen LogP contribution in [-0.4, -0.2) is 6.54 Å². The molecule has 0 bridgehead atoms. The normalized spacial score (nSPS) is 17.6. The van der Waals surface area contributed by atoms with Crippen molar-refractivity contribution in [3.05, 3.63) is 63.6 Å². The second kappa shape index (κ2) is 5.04. The second-order valence-corrected chi connectivity index (χ2v) is 5.69.